The van der Waals surface area contributed by atoms with Crippen molar-refractivity contribution in [2.75, 3.05) is 19.0 Å². The minimum absolute atomic E-state index is 0.670. The first-order valence-electron chi connectivity index (χ1n) is 5.32. The van der Waals surface area contributed by atoms with Crippen LogP contribution in [-0.4, -0.2) is 23.3 Å². The Morgan fingerprint density at radius 2 is 2.35 bits per heavy atom. The lowest BCUT2D eigenvalue weighted by atomic mass is 10.3. The Morgan fingerprint density at radius 3 is 3.12 bits per heavy atom. The van der Waals surface area contributed by atoms with Crippen LogP contribution in [0.15, 0.2) is 41.1 Å². The molecule has 0 unspecified atom stereocenters. The molecule has 0 saturated heterocycles. The van der Waals surface area contributed by atoms with E-state index in [1.54, 1.807) is 13.3 Å². The van der Waals surface area contributed by atoms with Crippen LogP contribution in [0.5, 0.6) is 0 Å². The van der Waals surface area contributed by atoms with Crippen molar-refractivity contribution in [1.29, 1.82) is 0 Å². The maximum Gasteiger partial charge on any atom is 0.207 e. The van der Waals surface area contributed by atoms with Crippen molar-refractivity contribution >= 4 is 27.6 Å². The standard InChI is InChI=1S/C12H14BrN3O/c1-17-8-7-16-6-5-14-12(16)15-11-4-2-3-10(13)9-11/h2-6,9H,7-8H2,1H3,(H,14,15). The third-order valence-electron chi connectivity index (χ3n) is 2.33. The number of methoxy groups -OCH3 is 1. The molecule has 0 aliphatic heterocycles. The molecule has 0 radical (unpaired) electrons. The van der Waals surface area contributed by atoms with E-state index < -0.39 is 0 Å². The van der Waals surface area contributed by atoms with Crippen molar-refractivity contribution in [3.8, 4) is 0 Å². The maximum absolute atomic E-state index is 5.06. The molecule has 0 aliphatic carbocycles. The summed E-state index contributed by atoms with van der Waals surface area (Å²) < 4.78 is 8.11. The Labute approximate surface area is 109 Å². The number of halogens is 1. The van der Waals surface area contributed by atoms with Gasteiger partial charge in [-0.2, -0.15) is 0 Å². The highest BCUT2D eigenvalue weighted by atomic mass is 79.9. The van der Waals surface area contributed by atoms with Gasteiger partial charge in [-0.25, -0.2) is 4.98 Å². The van der Waals surface area contributed by atoms with Crippen molar-refractivity contribution in [1.82, 2.24) is 9.55 Å². The second-order valence-corrected chi connectivity index (χ2v) is 4.49. The SMILES string of the molecule is COCCn1ccnc1Nc1cccc(Br)c1. The molecule has 90 valence electrons. The largest absolute Gasteiger partial charge is 0.383 e. The number of hydrogen-bond donors (Lipinski definition) is 1. The fourth-order valence-electron chi connectivity index (χ4n) is 1.50. The number of hydrogen-bond acceptors (Lipinski definition) is 3. The van der Waals surface area contributed by atoms with E-state index in [1.165, 1.54) is 0 Å². The van der Waals surface area contributed by atoms with Crippen LogP contribution < -0.4 is 5.32 Å². The van der Waals surface area contributed by atoms with Crippen molar-refractivity contribution in [3.63, 3.8) is 0 Å². The van der Waals surface area contributed by atoms with E-state index in [9.17, 15) is 0 Å². The third-order valence-corrected chi connectivity index (χ3v) is 2.83. The molecule has 0 saturated carbocycles. The number of nitrogens with one attached hydrogen (secondary N) is 1. The summed E-state index contributed by atoms with van der Waals surface area (Å²) >= 11 is 3.44. The molecule has 2 rings (SSSR count). The molecular weight excluding hydrogens is 282 g/mol. The lowest BCUT2D eigenvalue weighted by Crippen LogP contribution is -2.07. The number of imidazole rings is 1. The van der Waals surface area contributed by atoms with Gasteiger partial charge in [-0.1, -0.05) is 22.0 Å². The zero-order chi connectivity index (χ0) is 12.1. The van der Waals surface area contributed by atoms with Gasteiger partial charge in [0.1, 0.15) is 0 Å². The predicted octanol–water partition coefficient (Wildman–Crippen LogP) is 3.04. The highest BCUT2D eigenvalue weighted by Crippen LogP contribution is 2.19. The zero-order valence-electron chi connectivity index (χ0n) is 9.56. The summed E-state index contributed by atoms with van der Waals surface area (Å²) in [4.78, 5) is 4.28. The molecule has 1 heterocycles. The van der Waals surface area contributed by atoms with Gasteiger partial charge in [0.2, 0.25) is 5.95 Å². The van der Waals surface area contributed by atoms with Gasteiger partial charge in [-0.05, 0) is 18.2 Å². The van der Waals surface area contributed by atoms with Crippen LogP contribution in [0.1, 0.15) is 0 Å². The van der Waals surface area contributed by atoms with Gasteiger partial charge in [-0.15, -0.1) is 0 Å². The van der Waals surface area contributed by atoms with Crippen molar-refractivity contribution in [2.24, 2.45) is 0 Å². The molecular formula is C12H14BrN3O. The molecule has 1 N–H and O–H groups in total. The van der Waals surface area contributed by atoms with E-state index in [1.807, 2.05) is 35.0 Å². The van der Waals surface area contributed by atoms with Crippen LogP contribution in [-0.2, 0) is 11.3 Å². The van der Waals surface area contributed by atoms with E-state index in [0.29, 0.717) is 6.61 Å². The third kappa shape index (κ3) is 3.31. The topological polar surface area (TPSA) is 39.1 Å². The summed E-state index contributed by atoms with van der Waals surface area (Å²) in [5.74, 6) is 0.820. The van der Waals surface area contributed by atoms with Crippen LogP contribution in [0.3, 0.4) is 0 Å². The van der Waals surface area contributed by atoms with E-state index in [-0.39, 0.29) is 0 Å². The first kappa shape index (κ1) is 12.1. The zero-order valence-corrected chi connectivity index (χ0v) is 11.1. The van der Waals surface area contributed by atoms with Crippen LogP contribution >= 0.6 is 15.9 Å². The average molecular weight is 296 g/mol. The number of benzene rings is 1. The van der Waals surface area contributed by atoms with Crippen molar-refractivity contribution < 1.29 is 4.74 Å². The smallest absolute Gasteiger partial charge is 0.207 e. The number of anilines is 2. The Hall–Kier alpha value is -1.33. The normalized spacial score (nSPS) is 10.5. The van der Waals surface area contributed by atoms with Gasteiger partial charge in [0.15, 0.2) is 0 Å². The molecule has 0 bridgehead atoms. The molecule has 5 heteroatoms. The predicted molar refractivity (Wildman–Crippen MR) is 71.5 cm³/mol. The average Bonchev–Trinajstić information content (AvgIpc) is 2.74. The molecule has 1 aromatic carbocycles. The van der Waals surface area contributed by atoms with Gasteiger partial charge < -0.3 is 14.6 Å². The second kappa shape index (κ2) is 5.84. The molecule has 0 atom stereocenters. The summed E-state index contributed by atoms with van der Waals surface area (Å²) in [5.41, 5.74) is 1.00. The molecule has 2 aromatic rings. The summed E-state index contributed by atoms with van der Waals surface area (Å²) in [6.07, 6.45) is 3.70. The van der Waals surface area contributed by atoms with Gasteiger partial charge in [0, 0.05) is 36.2 Å². The number of rotatable bonds is 5. The molecule has 0 spiro atoms. The fourth-order valence-corrected chi connectivity index (χ4v) is 1.90. The molecule has 1 aromatic heterocycles. The number of nitrogens with zero attached hydrogens (tertiary/aromatic N) is 2. The fraction of sp³-hybridized carbons (Fsp3) is 0.250. The summed E-state index contributed by atoms with van der Waals surface area (Å²) in [6, 6.07) is 7.98. The van der Waals surface area contributed by atoms with Crippen LogP contribution in [0, 0.1) is 0 Å². The lowest BCUT2D eigenvalue weighted by Gasteiger charge is -2.09. The van der Waals surface area contributed by atoms with Crippen LogP contribution in [0.25, 0.3) is 0 Å². The maximum atomic E-state index is 5.06. The minimum atomic E-state index is 0.670. The minimum Gasteiger partial charge on any atom is -0.383 e. The lowest BCUT2D eigenvalue weighted by molar-refractivity contribution is 0.188. The van der Waals surface area contributed by atoms with Gasteiger partial charge in [-0.3, -0.25) is 0 Å². The monoisotopic (exact) mass is 295 g/mol. The Kier molecular flexibility index (Phi) is 4.17. The van der Waals surface area contributed by atoms with Crippen LogP contribution in [0.2, 0.25) is 0 Å². The molecule has 4 nitrogen and oxygen atoms in total. The Morgan fingerprint density at radius 1 is 1.47 bits per heavy atom. The van der Waals surface area contributed by atoms with E-state index >= 15 is 0 Å². The summed E-state index contributed by atoms with van der Waals surface area (Å²) in [6.45, 7) is 1.45. The molecule has 0 fully saturated rings. The van der Waals surface area contributed by atoms with Crippen LogP contribution in [0.4, 0.5) is 11.6 Å². The highest BCUT2D eigenvalue weighted by molar-refractivity contribution is 9.10. The van der Waals surface area contributed by atoms with Gasteiger partial charge >= 0.3 is 0 Å². The van der Waals surface area contributed by atoms with E-state index in [2.05, 4.69) is 26.2 Å². The highest BCUT2D eigenvalue weighted by Gasteiger charge is 2.02. The van der Waals surface area contributed by atoms with Crippen molar-refractivity contribution in [3.05, 3.63) is 41.1 Å². The first-order chi connectivity index (χ1) is 8.29. The molecule has 17 heavy (non-hydrogen) atoms. The van der Waals surface area contributed by atoms with E-state index in [0.717, 1.165) is 22.7 Å². The van der Waals surface area contributed by atoms with E-state index in [4.69, 9.17) is 4.74 Å². The summed E-state index contributed by atoms with van der Waals surface area (Å²) in [7, 11) is 1.69. The number of ether oxygens (including phenoxy) is 1. The quantitative estimate of drug-likeness (QED) is 0.921. The molecule has 0 aliphatic rings. The second-order valence-electron chi connectivity index (χ2n) is 3.57. The van der Waals surface area contributed by atoms with Gasteiger partial charge in [0.05, 0.1) is 6.61 Å². The Bertz CT molecular complexity index is 484. The summed E-state index contributed by atoms with van der Waals surface area (Å²) in [5, 5.41) is 3.27. The molecule has 0 amide bonds. The number of aromatic nitrogens is 2. The first-order valence-corrected chi connectivity index (χ1v) is 6.11. The Balaban J connectivity index is 2.10. The van der Waals surface area contributed by atoms with Gasteiger partial charge in [0.25, 0.3) is 0 Å². The van der Waals surface area contributed by atoms with Crippen molar-refractivity contribution in [2.45, 2.75) is 6.54 Å².